The van der Waals surface area contributed by atoms with Crippen molar-refractivity contribution in [2.24, 2.45) is 7.05 Å². The van der Waals surface area contributed by atoms with Crippen LogP contribution in [0.15, 0.2) is 102 Å². The van der Waals surface area contributed by atoms with Gasteiger partial charge in [0.2, 0.25) is 0 Å². The number of nitrogens with one attached hydrogen (secondary N) is 1. The molecule has 164 valence electrons. The van der Waals surface area contributed by atoms with Gasteiger partial charge in [-0.25, -0.2) is 0 Å². The van der Waals surface area contributed by atoms with E-state index >= 15 is 0 Å². The van der Waals surface area contributed by atoms with Crippen molar-refractivity contribution >= 4 is 28.1 Å². The molecule has 1 heterocycles. The third kappa shape index (κ3) is 3.18. The molecule has 5 nitrogen and oxygen atoms in total. The van der Waals surface area contributed by atoms with Gasteiger partial charge >= 0.3 is 0 Å². The van der Waals surface area contributed by atoms with Gasteiger partial charge in [0, 0.05) is 29.8 Å². The third-order valence-corrected chi connectivity index (χ3v) is 6.21. The highest BCUT2D eigenvalue weighted by Gasteiger charge is 2.28. The average molecular weight is 444 g/mol. The largest absolute Gasteiger partial charge is 0.457 e. The summed E-state index contributed by atoms with van der Waals surface area (Å²) in [5.41, 5.74) is 4.92. The number of rotatable bonds is 4. The Kier molecular flexibility index (Phi) is 4.56. The number of pyridine rings is 1. The van der Waals surface area contributed by atoms with E-state index in [1.165, 1.54) is 0 Å². The Labute approximate surface area is 195 Å². The van der Waals surface area contributed by atoms with Crippen molar-refractivity contribution < 1.29 is 9.53 Å². The van der Waals surface area contributed by atoms with Gasteiger partial charge in [-0.1, -0.05) is 42.5 Å². The number of ketones is 1. The van der Waals surface area contributed by atoms with E-state index in [1.807, 2.05) is 91.0 Å². The highest BCUT2D eigenvalue weighted by Crippen LogP contribution is 2.42. The fourth-order valence-corrected chi connectivity index (χ4v) is 4.54. The van der Waals surface area contributed by atoms with Crippen LogP contribution in [0.4, 0.5) is 11.4 Å². The molecule has 34 heavy (non-hydrogen) atoms. The van der Waals surface area contributed by atoms with Crippen molar-refractivity contribution in [2.45, 2.75) is 0 Å². The second kappa shape index (κ2) is 7.74. The molecule has 0 amide bonds. The maximum atomic E-state index is 13.6. The Hall–Kier alpha value is -4.64. The van der Waals surface area contributed by atoms with Crippen LogP contribution < -0.4 is 15.6 Å². The van der Waals surface area contributed by atoms with E-state index < -0.39 is 0 Å². The standard InChI is InChI=1S/C29H20N2O3/c1-31-25-16-15-24(30-18-11-13-20(14-12-18)34-19-7-3-2-4-8-19)28-27(25)23(17-26(31)32)21-9-5-6-10-22(21)29(28)33/h2-17,30H,1H3. The van der Waals surface area contributed by atoms with Gasteiger partial charge in [0.15, 0.2) is 5.78 Å². The molecular weight excluding hydrogens is 424 g/mol. The van der Waals surface area contributed by atoms with Gasteiger partial charge in [-0.15, -0.1) is 0 Å². The molecule has 0 fully saturated rings. The zero-order chi connectivity index (χ0) is 23.2. The zero-order valence-corrected chi connectivity index (χ0v) is 18.4. The molecule has 0 saturated heterocycles. The summed E-state index contributed by atoms with van der Waals surface area (Å²) in [6.45, 7) is 0. The number of para-hydroxylation sites is 1. The predicted molar refractivity (Wildman–Crippen MR) is 134 cm³/mol. The third-order valence-electron chi connectivity index (χ3n) is 6.21. The van der Waals surface area contributed by atoms with E-state index in [2.05, 4.69) is 5.32 Å². The number of ether oxygens (including phenoxy) is 1. The van der Waals surface area contributed by atoms with Crippen molar-refractivity contribution in [3.8, 4) is 22.6 Å². The first kappa shape index (κ1) is 20.0. The van der Waals surface area contributed by atoms with E-state index in [1.54, 1.807) is 17.7 Å². The van der Waals surface area contributed by atoms with Gasteiger partial charge in [-0.3, -0.25) is 9.59 Å². The number of carbonyl (C=O) groups excluding carboxylic acids is 1. The molecule has 0 bridgehead atoms. The average Bonchev–Trinajstić information content (AvgIpc) is 2.87. The molecule has 0 radical (unpaired) electrons. The normalized spacial score (nSPS) is 11.9. The van der Waals surface area contributed by atoms with Crippen molar-refractivity contribution in [1.29, 1.82) is 0 Å². The van der Waals surface area contributed by atoms with Crippen LogP contribution >= 0.6 is 0 Å². The fraction of sp³-hybridized carbons (Fsp3) is 0.0345. The lowest BCUT2D eigenvalue weighted by Gasteiger charge is -2.23. The van der Waals surface area contributed by atoms with E-state index in [9.17, 15) is 9.59 Å². The van der Waals surface area contributed by atoms with Crippen LogP contribution in [0.5, 0.6) is 11.5 Å². The lowest BCUT2D eigenvalue weighted by atomic mass is 9.83. The summed E-state index contributed by atoms with van der Waals surface area (Å²) in [5.74, 6) is 1.43. The molecule has 5 heteroatoms. The Bertz CT molecular complexity index is 1640. The molecule has 0 atom stereocenters. The Morgan fingerprint density at radius 1 is 0.706 bits per heavy atom. The number of nitrogens with zero attached hydrogens (tertiary/aromatic N) is 1. The molecule has 1 aliphatic carbocycles. The minimum Gasteiger partial charge on any atom is -0.457 e. The lowest BCUT2D eigenvalue weighted by Crippen LogP contribution is -2.21. The minimum atomic E-state index is -0.104. The van der Waals surface area contributed by atoms with Crippen LogP contribution in [0, 0.1) is 0 Å². The SMILES string of the molecule is Cn1c(=O)cc2c3c(c(Nc4ccc(Oc5ccccc5)cc4)ccc31)C(=O)c1ccccc1-2. The van der Waals surface area contributed by atoms with Crippen molar-refractivity contribution in [3.05, 3.63) is 119 Å². The quantitative estimate of drug-likeness (QED) is 0.347. The first-order valence-electron chi connectivity index (χ1n) is 11.0. The second-order valence-electron chi connectivity index (χ2n) is 8.28. The second-order valence-corrected chi connectivity index (χ2v) is 8.28. The van der Waals surface area contributed by atoms with Crippen LogP contribution in [-0.2, 0) is 7.05 Å². The Balaban J connectivity index is 1.44. The number of anilines is 2. The summed E-state index contributed by atoms with van der Waals surface area (Å²) in [6, 6.07) is 30.0. The number of aryl methyl sites for hydroxylation is 1. The number of aromatic nitrogens is 1. The van der Waals surface area contributed by atoms with Gasteiger partial charge in [0.1, 0.15) is 11.5 Å². The predicted octanol–water partition coefficient (Wildman–Crippen LogP) is 6.29. The number of benzene rings is 4. The van der Waals surface area contributed by atoms with Gasteiger partial charge < -0.3 is 14.6 Å². The molecule has 0 unspecified atom stereocenters. The first-order valence-corrected chi connectivity index (χ1v) is 11.0. The summed E-state index contributed by atoms with van der Waals surface area (Å²) in [4.78, 5) is 26.2. The molecule has 1 N–H and O–H groups in total. The summed E-state index contributed by atoms with van der Waals surface area (Å²) in [5, 5.41) is 4.19. The van der Waals surface area contributed by atoms with Crippen molar-refractivity contribution in [3.63, 3.8) is 0 Å². The summed E-state index contributed by atoms with van der Waals surface area (Å²) >= 11 is 0. The number of hydrogen-bond donors (Lipinski definition) is 1. The smallest absolute Gasteiger partial charge is 0.251 e. The van der Waals surface area contributed by atoms with E-state index in [-0.39, 0.29) is 11.3 Å². The maximum absolute atomic E-state index is 13.6. The Morgan fingerprint density at radius 2 is 1.38 bits per heavy atom. The van der Waals surface area contributed by atoms with Crippen LogP contribution in [0.25, 0.3) is 22.0 Å². The molecular formula is C29H20N2O3. The topological polar surface area (TPSA) is 60.3 Å². The molecule has 1 aromatic heterocycles. The van der Waals surface area contributed by atoms with Gasteiger partial charge in [0.25, 0.3) is 5.56 Å². The molecule has 0 saturated carbocycles. The summed E-state index contributed by atoms with van der Waals surface area (Å²) in [7, 11) is 1.73. The van der Waals surface area contributed by atoms with Gasteiger partial charge in [0.05, 0.1) is 16.8 Å². The molecule has 4 aromatic carbocycles. The number of hydrogen-bond acceptors (Lipinski definition) is 4. The van der Waals surface area contributed by atoms with Crippen LogP contribution in [0.2, 0.25) is 0 Å². The monoisotopic (exact) mass is 444 g/mol. The van der Waals surface area contributed by atoms with E-state index in [0.717, 1.165) is 39.2 Å². The highest BCUT2D eigenvalue weighted by atomic mass is 16.5. The zero-order valence-electron chi connectivity index (χ0n) is 18.4. The molecule has 6 rings (SSSR count). The van der Waals surface area contributed by atoms with Crippen LogP contribution in [-0.4, -0.2) is 10.4 Å². The molecule has 0 spiro atoms. The number of carbonyl (C=O) groups is 1. The van der Waals surface area contributed by atoms with Gasteiger partial charge in [-0.05, 0) is 59.7 Å². The fourth-order valence-electron chi connectivity index (χ4n) is 4.54. The van der Waals surface area contributed by atoms with E-state index in [0.29, 0.717) is 16.8 Å². The van der Waals surface area contributed by atoms with E-state index in [4.69, 9.17) is 4.74 Å². The summed E-state index contributed by atoms with van der Waals surface area (Å²) < 4.78 is 7.46. The van der Waals surface area contributed by atoms with Crippen LogP contribution in [0.3, 0.4) is 0 Å². The minimum absolute atomic E-state index is 0.0566. The highest BCUT2D eigenvalue weighted by molar-refractivity contribution is 6.28. The molecule has 5 aromatic rings. The molecule has 0 aliphatic heterocycles. The number of fused-ring (bicyclic) bond motifs is 2. The van der Waals surface area contributed by atoms with Gasteiger partial charge in [-0.2, -0.15) is 0 Å². The lowest BCUT2D eigenvalue weighted by molar-refractivity contribution is 0.104. The summed E-state index contributed by atoms with van der Waals surface area (Å²) in [6.07, 6.45) is 0. The maximum Gasteiger partial charge on any atom is 0.251 e. The Morgan fingerprint density at radius 3 is 2.15 bits per heavy atom. The van der Waals surface area contributed by atoms with Crippen molar-refractivity contribution in [1.82, 2.24) is 4.57 Å². The van der Waals surface area contributed by atoms with Crippen molar-refractivity contribution in [2.75, 3.05) is 5.32 Å². The van der Waals surface area contributed by atoms with Crippen LogP contribution in [0.1, 0.15) is 15.9 Å². The molecule has 1 aliphatic rings. The first-order chi connectivity index (χ1) is 16.6.